The quantitative estimate of drug-likeness (QED) is 0.588. The fourth-order valence-corrected chi connectivity index (χ4v) is 1.59. The Bertz CT molecular complexity index is 215. The lowest BCUT2D eigenvalue weighted by Crippen LogP contribution is -1.97. The van der Waals surface area contributed by atoms with Gasteiger partial charge in [-0.05, 0) is 34.7 Å². The van der Waals surface area contributed by atoms with Crippen LogP contribution in [0.2, 0.25) is 0 Å². The molecule has 0 bridgehead atoms. The molecule has 1 aromatic carbocycles. The number of hydrogen-bond donors (Lipinski definition) is 2. The second-order valence-corrected chi connectivity index (χ2v) is 3.12. The monoisotopic (exact) mass is 248 g/mol. The maximum absolute atomic E-state index is 5.66. The molecule has 0 aliphatic heterocycles. The molecule has 54 valence electrons. The first-order chi connectivity index (χ1) is 4.75. The summed E-state index contributed by atoms with van der Waals surface area (Å²) in [5.74, 6) is 0. The van der Waals surface area contributed by atoms with Crippen molar-refractivity contribution in [2.45, 2.75) is 0 Å². The van der Waals surface area contributed by atoms with Gasteiger partial charge in [-0.1, -0.05) is 6.07 Å². The van der Waals surface area contributed by atoms with E-state index in [1.54, 1.807) is 0 Å². The van der Waals surface area contributed by atoms with Crippen molar-refractivity contribution < 1.29 is 0 Å². The first kappa shape index (κ1) is 7.65. The van der Waals surface area contributed by atoms with E-state index in [4.69, 9.17) is 5.73 Å². The van der Waals surface area contributed by atoms with Crippen molar-refractivity contribution in [3.05, 3.63) is 21.8 Å². The smallest absolute Gasteiger partial charge is 0.0706 e. The summed E-state index contributed by atoms with van der Waals surface area (Å²) in [6.07, 6.45) is 0. The number of hydrogen-bond acceptors (Lipinski definition) is 2. The molecular weight excluding hydrogens is 239 g/mol. The normalized spacial score (nSPS) is 9.40. The molecule has 0 heterocycles. The molecule has 0 fully saturated rings. The maximum Gasteiger partial charge on any atom is 0.0706 e. The molecule has 0 amide bonds. The van der Waals surface area contributed by atoms with Gasteiger partial charge in [0.1, 0.15) is 0 Å². The minimum atomic E-state index is 0.800. The van der Waals surface area contributed by atoms with Crippen molar-refractivity contribution in [3.8, 4) is 0 Å². The SMILES string of the molecule is CNc1c(N)cccc1I. The van der Waals surface area contributed by atoms with Crippen LogP contribution in [0.25, 0.3) is 0 Å². The van der Waals surface area contributed by atoms with Crippen LogP contribution in [0.4, 0.5) is 11.4 Å². The number of para-hydroxylation sites is 1. The second kappa shape index (κ2) is 3.09. The van der Waals surface area contributed by atoms with Gasteiger partial charge in [0.15, 0.2) is 0 Å². The van der Waals surface area contributed by atoms with Gasteiger partial charge in [0.25, 0.3) is 0 Å². The van der Waals surface area contributed by atoms with Crippen LogP contribution in [0, 0.1) is 3.57 Å². The van der Waals surface area contributed by atoms with Gasteiger partial charge in [0.05, 0.1) is 11.4 Å². The van der Waals surface area contributed by atoms with Crippen molar-refractivity contribution in [3.63, 3.8) is 0 Å². The molecular formula is C7H9IN2. The van der Waals surface area contributed by atoms with Crippen LogP contribution in [-0.4, -0.2) is 7.05 Å². The third kappa shape index (κ3) is 1.34. The van der Waals surface area contributed by atoms with Crippen LogP contribution in [0.3, 0.4) is 0 Å². The number of nitrogens with two attached hydrogens (primary N) is 1. The van der Waals surface area contributed by atoms with Gasteiger partial charge in [0.2, 0.25) is 0 Å². The largest absolute Gasteiger partial charge is 0.397 e. The van der Waals surface area contributed by atoms with Crippen LogP contribution in [0.15, 0.2) is 18.2 Å². The highest BCUT2D eigenvalue weighted by Gasteiger charge is 1.98. The summed E-state index contributed by atoms with van der Waals surface area (Å²) < 4.78 is 1.15. The van der Waals surface area contributed by atoms with Crippen LogP contribution < -0.4 is 11.1 Å². The van der Waals surface area contributed by atoms with Gasteiger partial charge in [-0.15, -0.1) is 0 Å². The van der Waals surface area contributed by atoms with Crippen molar-refractivity contribution in [1.82, 2.24) is 0 Å². The molecule has 0 unspecified atom stereocenters. The minimum Gasteiger partial charge on any atom is -0.397 e. The number of rotatable bonds is 1. The highest BCUT2D eigenvalue weighted by molar-refractivity contribution is 14.1. The molecule has 1 aromatic rings. The Morgan fingerprint density at radius 3 is 2.60 bits per heavy atom. The van der Waals surface area contributed by atoms with E-state index < -0.39 is 0 Å². The molecule has 0 spiro atoms. The zero-order chi connectivity index (χ0) is 7.56. The topological polar surface area (TPSA) is 38.0 Å². The Labute approximate surface area is 73.9 Å². The third-order valence-electron chi connectivity index (χ3n) is 1.30. The lowest BCUT2D eigenvalue weighted by Gasteiger charge is -2.05. The van der Waals surface area contributed by atoms with Crippen LogP contribution in [-0.2, 0) is 0 Å². The first-order valence-corrected chi connectivity index (χ1v) is 4.05. The van der Waals surface area contributed by atoms with Crippen molar-refractivity contribution >= 4 is 34.0 Å². The number of nitrogen functional groups attached to an aromatic ring is 1. The zero-order valence-electron chi connectivity index (χ0n) is 5.69. The molecule has 0 aliphatic rings. The van der Waals surface area contributed by atoms with Gasteiger partial charge in [0, 0.05) is 10.6 Å². The van der Waals surface area contributed by atoms with E-state index in [0.29, 0.717) is 0 Å². The Morgan fingerprint density at radius 1 is 1.50 bits per heavy atom. The molecule has 0 aliphatic carbocycles. The van der Waals surface area contributed by atoms with Crippen LogP contribution in [0.1, 0.15) is 0 Å². The lowest BCUT2D eigenvalue weighted by atomic mass is 10.3. The second-order valence-electron chi connectivity index (χ2n) is 1.95. The van der Waals surface area contributed by atoms with E-state index in [1.165, 1.54) is 0 Å². The van der Waals surface area contributed by atoms with E-state index in [1.807, 2.05) is 25.2 Å². The van der Waals surface area contributed by atoms with Gasteiger partial charge in [-0.25, -0.2) is 0 Å². The van der Waals surface area contributed by atoms with E-state index in [0.717, 1.165) is 14.9 Å². The fraction of sp³-hybridized carbons (Fsp3) is 0.143. The van der Waals surface area contributed by atoms with E-state index in [-0.39, 0.29) is 0 Å². The zero-order valence-corrected chi connectivity index (χ0v) is 7.84. The summed E-state index contributed by atoms with van der Waals surface area (Å²) in [7, 11) is 1.87. The molecule has 3 N–H and O–H groups in total. The van der Waals surface area contributed by atoms with Crippen LogP contribution in [0.5, 0.6) is 0 Å². The van der Waals surface area contributed by atoms with Gasteiger partial charge < -0.3 is 11.1 Å². The Hall–Kier alpha value is -0.450. The maximum atomic E-state index is 5.66. The van der Waals surface area contributed by atoms with E-state index in [2.05, 4.69) is 27.9 Å². The molecule has 3 heteroatoms. The molecule has 0 saturated heterocycles. The Morgan fingerprint density at radius 2 is 2.20 bits per heavy atom. The Balaban J connectivity index is 3.17. The molecule has 2 nitrogen and oxygen atoms in total. The fourth-order valence-electron chi connectivity index (χ4n) is 0.805. The summed E-state index contributed by atoms with van der Waals surface area (Å²) in [6.45, 7) is 0. The van der Waals surface area contributed by atoms with Crippen LogP contribution >= 0.6 is 22.6 Å². The van der Waals surface area contributed by atoms with Crippen molar-refractivity contribution in [1.29, 1.82) is 0 Å². The first-order valence-electron chi connectivity index (χ1n) is 2.97. The molecule has 0 radical (unpaired) electrons. The predicted octanol–water partition coefficient (Wildman–Crippen LogP) is 1.92. The average molecular weight is 248 g/mol. The molecule has 1 rings (SSSR count). The minimum absolute atomic E-state index is 0.800. The van der Waals surface area contributed by atoms with Gasteiger partial charge >= 0.3 is 0 Å². The molecule has 0 saturated carbocycles. The summed E-state index contributed by atoms with van der Waals surface area (Å²) in [5.41, 5.74) is 7.48. The summed E-state index contributed by atoms with van der Waals surface area (Å²) in [5, 5.41) is 3.03. The van der Waals surface area contributed by atoms with Gasteiger partial charge in [-0.2, -0.15) is 0 Å². The molecule has 10 heavy (non-hydrogen) atoms. The van der Waals surface area contributed by atoms with E-state index in [9.17, 15) is 0 Å². The van der Waals surface area contributed by atoms with Crippen molar-refractivity contribution in [2.75, 3.05) is 18.1 Å². The molecule has 0 atom stereocenters. The lowest BCUT2D eigenvalue weighted by molar-refractivity contribution is 1.48. The molecule has 0 aromatic heterocycles. The summed E-state index contributed by atoms with van der Waals surface area (Å²) in [4.78, 5) is 0. The van der Waals surface area contributed by atoms with E-state index >= 15 is 0 Å². The summed E-state index contributed by atoms with van der Waals surface area (Å²) in [6, 6.07) is 5.84. The average Bonchev–Trinajstić information content (AvgIpc) is 1.88. The Kier molecular flexibility index (Phi) is 2.37. The van der Waals surface area contributed by atoms with Gasteiger partial charge in [-0.3, -0.25) is 0 Å². The highest BCUT2D eigenvalue weighted by atomic mass is 127. The standard InChI is InChI=1S/C7H9IN2/c1-10-7-5(8)3-2-4-6(7)9/h2-4,10H,9H2,1H3. The number of nitrogens with one attached hydrogen (secondary N) is 1. The van der Waals surface area contributed by atoms with Crippen molar-refractivity contribution in [2.24, 2.45) is 0 Å². The predicted molar refractivity (Wildman–Crippen MR) is 53.1 cm³/mol. The summed E-state index contributed by atoms with van der Waals surface area (Å²) >= 11 is 2.24. The number of benzene rings is 1. The highest BCUT2D eigenvalue weighted by Crippen LogP contribution is 2.23. The third-order valence-corrected chi connectivity index (χ3v) is 2.19. The number of anilines is 2. The number of halogens is 1.